The molecule has 0 atom stereocenters. The smallest absolute Gasteiger partial charge is 0.0861 e. The minimum absolute atomic E-state index is 0.807. The Balaban J connectivity index is 3.04. The van der Waals surface area contributed by atoms with Crippen molar-refractivity contribution < 1.29 is 0 Å². The number of fused-ring (bicyclic) bond motifs is 1. The van der Waals surface area contributed by atoms with Crippen LogP contribution in [0.1, 0.15) is 16.7 Å². The summed E-state index contributed by atoms with van der Waals surface area (Å²) in [4.78, 5) is 4.41. The molecule has 1 nitrogen and oxygen atoms in total. The molecule has 0 fully saturated rings. The van der Waals surface area contributed by atoms with Crippen LogP contribution in [0.2, 0.25) is 5.02 Å². The van der Waals surface area contributed by atoms with Crippen molar-refractivity contribution in [1.82, 2.24) is 4.98 Å². The number of halogens is 2. The van der Waals surface area contributed by atoms with Gasteiger partial charge in [0.05, 0.1) is 10.5 Å². The lowest BCUT2D eigenvalue weighted by molar-refractivity contribution is 1.29. The summed E-state index contributed by atoms with van der Waals surface area (Å²) < 4.78 is 1.00. The lowest BCUT2D eigenvalue weighted by Crippen LogP contribution is -1.91. The van der Waals surface area contributed by atoms with Crippen molar-refractivity contribution in [2.45, 2.75) is 20.8 Å². The minimum atomic E-state index is 0.807. The van der Waals surface area contributed by atoms with E-state index in [1.54, 1.807) is 0 Å². The number of nitrogens with zero attached hydrogens (tertiary/aromatic N) is 1. The van der Waals surface area contributed by atoms with E-state index in [-0.39, 0.29) is 0 Å². The average molecular weight is 285 g/mol. The highest BCUT2D eigenvalue weighted by molar-refractivity contribution is 9.10. The summed E-state index contributed by atoms with van der Waals surface area (Å²) in [5, 5.41) is 1.87. The Hall–Kier alpha value is -0.600. The van der Waals surface area contributed by atoms with Gasteiger partial charge in [0.25, 0.3) is 0 Å². The van der Waals surface area contributed by atoms with Crippen LogP contribution in [-0.2, 0) is 0 Å². The molecule has 0 amide bonds. The van der Waals surface area contributed by atoms with E-state index in [0.717, 1.165) is 26.0 Å². The molecule has 0 spiro atoms. The third-order valence-electron chi connectivity index (χ3n) is 2.73. The molecular weight excluding hydrogens is 273 g/mol. The van der Waals surface area contributed by atoms with Gasteiger partial charge in [0.15, 0.2) is 0 Å². The van der Waals surface area contributed by atoms with Crippen LogP contribution in [0, 0.1) is 20.8 Å². The molecule has 15 heavy (non-hydrogen) atoms. The van der Waals surface area contributed by atoms with Crippen LogP contribution < -0.4 is 0 Å². The number of pyridine rings is 1. The van der Waals surface area contributed by atoms with Crippen LogP contribution in [0.15, 0.2) is 16.7 Å². The Morgan fingerprint density at radius 3 is 2.53 bits per heavy atom. The van der Waals surface area contributed by atoms with Crippen molar-refractivity contribution in [3.05, 3.63) is 38.4 Å². The SMILES string of the molecule is Cc1cc(Br)c2ncc(C)c(Cl)c2c1C. The number of rotatable bonds is 0. The predicted molar refractivity (Wildman–Crippen MR) is 68.7 cm³/mol. The molecule has 0 saturated heterocycles. The number of aryl methyl sites for hydroxylation is 3. The summed E-state index contributed by atoms with van der Waals surface area (Å²) in [6.07, 6.45) is 1.81. The van der Waals surface area contributed by atoms with E-state index in [1.807, 2.05) is 13.1 Å². The largest absolute Gasteiger partial charge is 0.255 e. The van der Waals surface area contributed by atoms with Crippen molar-refractivity contribution in [1.29, 1.82) is 0 Å². The molecule has 0 aliphatic rings. The molecule has 0 aliphatic heterocycles. The van der Waals surface area contributed by atoms with E-state index in [4.69, 9.17) is 11.6 Å². The van der Waals surface area contributed by atoms with Gasteiger partial charge in [-0.15, -0.1) is 0 Å². The first-order valence-corrected chi connectivity index (χ1v) is 5.90. The van der Waals surface area contributed by atoms with Crippen LogP contribution >= 0.6 is 27.5 Å². The third-order valence-corrected chi connectivity index (χ3v) is 3.82. The fourth-order valence-electron chi connectivity index (χ4n) is 1.67. The molecule has 3 heteroatoms. The Kier molecular flexibility index (Phi) is 2.73. The first-order valence-electron chi connectivity index (χ1n) is 4.73. The topological polar surface area (TPSA) is 12.9 Å². The van der Waals surface area contributed by atoms with Crippen LogP contribution in [0.5, 0.6) is 0 Å². The quantitative estimate of drug-likeness (QED) is 0.690. The molecule has 1 aromatic carbocycles. The molecule has 0 radical (unpaired) electrons. The highest BCUT2D eigenvalue weighted by Gasteiger charge is 2.11. The molecule has 2 rings (SSSR count). The second kappa shape index (κ2) is 3.76. The van der Waals surface area contributed by atoms with Gasteiger partial charge in [-0.05, 0) is 59.5 Å². The summed E-state index contributed by atoms with van der Waals surface area (Å²) in [6.45, 7) is 6.14. The zero-order valence-corrected chi connectivity index (χ0v) is 11.2. The summed E-state index contributed by atoms with van der Waals surface area (Å²) in [6, 6.07) is 2.08. The summed E-state index contributed by atoms with van der Waals surface area (Å²) >= 11 is 9.83. The van der Waals surface area contributed by atoms with E-state index in [1.165, 1.54) is 11.1 Å². The van der Waals surface area contributed by atoms with Gasteiger partial charge in [0.2, 0.25) is 0 Å². The first-order chi connectivity index (χ1) is 7.02. The standard InChI is InChI=1S/C12H11BrClN/c1-6-4-9(13)12-10(8(6)3)11(14)7(2)5-15-12/h4-5H,1-3H3. The minimum Gasteiger partial charge on any atom is -0.255 e. The fourth-order valence-corrected chi connectivity index (χ4v) is 2.59. The maximum atomic E-state index is 6.31. The second-order valence-corrected chi connectivity index (χ2v) is 5.01. The molecule has 1 heterocycles. The van der Waals surface area contributed by atoms with Crippen molar-refractivity contribution in [3.63, 3.8) is 0 Å². The van der Waals surface area contributed by atoms with Crippen LogP contribution in [-0.4, -0.2) is 4.98 Å². The molecule has 0 saturated carbocycles. The van der Waals surface area contributed by atoms with Crippen LogP contribution in [0.3, 0.4) is 0 Å². The molecular formula is C12H11BrClN. The van der Waals surface area contributed by atoms with Crippen molar-refractivity contribution in [2.75, 3.05) is 0 Å². The zero-order chi connectivity index (χ0) is 11.2. The average Bonchev–Trinajstić information content (AvgIpc) is 2.19. The highest BCUT2D eigenvalue weighted by atomic mass is 79.9. The molecule has 78 valence electrons. The number of hydrogen-bond acceptors (Lipinski definition) is 1. The van der Waals surface area contributed by atoms with E-state index < -0.39 is 0 Å². The van der Waals surface area contributed by atoms with Gasteiger partial charge in [-0.3, -0.25) is 4.98 Å². The van der Waals surface area contributed by atoms with Gasteiger partial charge < -0.3 is 0 Å². The van der Waals surface area contributed by atoms with Crippen molar-refractivity contribution >= 4 is 38.4 Å². The summed E-state index contributed by atoms with van der Waals surface area (Å²) in [5.41, 5.74) is 4.39. The lowest BCUT2D eigenvalue weighted by atomic mass is 10.0. The van der Waals surface area contributed by atoms with Gasteiger partial charge in [-0.2, -0.15) is 0 Å². The van der Waals surface area contributed by atoms with Gasteiger partial charge >= 0.3 is 0 Å². The van der Waals surface area contributed by atoms with Crippen molar-refractivity contribution in [2.24, 2.45) is 0 Å². The second-order valence-electron chi connectivity index (χ2n) is 3.78. The van der Waals surface area contributed by atoms with E-state index in [9.17, 15) is 0 Å². The molecule has 0 bridgehead atoms. The zero-order valence-electron chi connectivity index (χ0n) is 8.86. The Morgan fingerprint density at radius 2 is 1.87 bits per heavy atom. The Morgan fingerprint density at radius 1 is 1.20 bits per heavy atom. The normalized spacial score (nSPS) is 11.0. The number of hydrogen-bond donors (Lipinski definition) is 0. The van der Waals surface area contributed by atoms with Gasteiger partial charge in [-0.1, -0.05) is 11.6 Å². The van der Waals surface area contributed by atoms with Crippen molar-refractivity contribution in [3.8, 4) is 0 Å². The highest BCUT2D eigenvalue weighted by Crippen LogP contribution is 2.34. The molecule has 2 aromatic rings. The molecule has 0 unspecified atom stereocenters. The third kappa shape index (κ3) is 1.66. The summed E-state index contributed by atoms with van der Waals surface area (Å²) in [5.74, 6) is 0. The first kappa shape index (κ1) is 10.9. The van der Waals surface area contributed by atoms with E-state index in [0.29, 0.717) is 0 Å². The monoisotopic (exact) mass is 283 g/mol. The summed E-state index contributed by atoms with van der Waals surface area (Å²) in [7, 11) is 0. The van der Waals surface area contributed by atoms with Gasteiger partial charge in [0, 0.05) is 16.1 Å². The lowest BCUT2D eigenvalue weighted by Gasteiger charge is -2.10. The van der Waals surface area contributed by atoms with E-state index in [2.05, 4.69) is 40.8 Å². The number of benzene rings is 1. The van der Waals surface area contributed by atoms with E-state index >= 15 is 0 Å². The molecule has 0 N–H and O–H groups in total. The van der Waals surface area contributed by atoms with Gasteiger partial charge in [0.1, 0.15) is 0 Å². The van der Waals surface area contributed by atoms with Crippen LogP contribution in [0.4, 0.5) is 0 Å². The maximum Gasteiger partial charge on any atom is 0.0861 e. The molecule has 0 aliphatic carbocycles. The van der Waals surface area contributed by atoms with Gasteiger partial charge in [-0.25, -0.2) is 0 Å². The van der Waals surface area contributed by atoms with Crippen LogP contribution in [0.25, 0.3) is 10.9 Å². The Labute approximate surface area is 103 Å². The molecule has 1 aromatic heterocycles. The predicted octanol–water partition coefficient (Wildman–Crippen LogP) is 4.58. The maximum absolute atomic E-state index is 6.31. The fraction of sp³-hybridized carbons (Fsp3) is 0.250. The Bertz CT molecular complexity index is 541. The number of aromatic nitrogens is 1.